The fraction of sp³-hybridized carbons (Fsp3) is 0.318. The first kappa shape index (κ1) is 17.6. The number of likely N-dealkylation sites (tertiary alicyclic amines) is 1. The van der Waals surface area contributed by atoms with Crippen LogP contribution in [0.4, 0.5) is 0 Å². The standard InChI is InChI=1S/C22H24N4O/c27-22(19-8-9-20-21(14-19)24-11-10-23-20)25-15-17-4-6-18(7-5-17)16-26-12-2-1-3-13-26/h4-11,14H,1-3,12-13,15-16H2,(H,25,27). The molecule has 0 atom stereocenters. The number of piperidine rings is 1. The van der Waals surface area contributed by atoms with Gasteiger partial charge in [0.15, 0.2) is 0 Å². The number of hydrogen-bond acceptors (Lipinski definition) is 4. The van der Waals surface area contributed by atoms with E-state index in [9.17, 15) is 4.79 Å². The van der Waals surface area contributed by atoms with Crippen molar-refractivity contribution in [3.63, 3.8) is 0 Å². The summed E-state index contributed by atoms with van der Waals surface area (Å²) in [6, 6.07) is 13.9. The predicted octanol–water partition coefficient (Wildman–Crippen LogP) is 3.55. The monoisotopic (exact) mass is 360 g/mol. The second kappa shape index (κ2) is 8.27. The van der Waals surface area contributed by atoms with E-state index in [0.29, 0.717) is 12.1 Å². The SMILES string of the molecule is O=C(NCc1ccc(CN2CCCCC2)cc1)c1ccc2nccnc2c1. The van der Waals surface area contributed by atoms with Crippen molar-refractivity contribution in [2.24, 2.45) is 0 Å². The minimum Gasteiger partial charge on any atom is -0.348 e. The number of carbonyl (C=O) groups excluding carboxylic acids is 1. The van der Waals surface area contributed by atoms with Gasteiger partial charge >= 0.3 is 0 Å². The van der Waals surface area contributed by atoms with Gasteiger partial charge in [-0.3, -0.25) is 19.7 Å². The maximum absolute atomic E-state index is 12.4. The molecule has 1 aromatic heterocycles. The number of rotatable bonds is 5. The van der Waals surface area contributed by atoms with Crippen LogP contribution in [0.3, 0.4) is 0 Å². The van der Waals surface area contributed by atoms with Crippen LogP contribution in [-0.4, -0.2) is 33.9 Å². The van der Waals surface area contributed by atoms with Crippen LogP contribution in [0, 0.1) is 0 Å². The minimum absolute atomic E-state index is 0.0973. The van der Waals surface area contributed by atoms with Gasteiger partial charge in [0.1, 0.15) is 0 Å². The van der Waals surface area contributed by atoms with Crippen LogP contribution in [0.25, 0.3) is 11.0 Å². The number of fused-ring (bicyclic) bond motifs is 1. The zero-order chi connectivity index (χ0) is 18.5. The van der Waals surface area contributed by atoms with E-state index in [4.69, 9.17) is 0 Å². The summed E-state index contributed by atoms with van der Waals surface area (Å²) in [5.74, 6) is -0.0973. The molecule has 138 valence electrons. The molecule has 0 aliphatic carbocycles. The summed E-state index contributed by atoms with van der Waals surface area (Å²) in [6.45, 7) is 3.94. The van der Waals surface area contributed by atoms with Crippen molar-refractivity contribution in [2.45, 2.75) is 32.4 Å². The Balaban J connectivity index is 1.34. The van der Waals surface area contributed by atoms with E-state index >= 15 is 0 Å². The minimum atomic E-state index is -0.0973. The third kappa shape index (κ3) is 4.49. The molecular weight excluding hydrogens is 336 g/mol. The smallest absolute Gasteiger partial charge is 0.251 e. The van der Waals surface area contributed by atoms with Crippen molar-refractivity contribution in [3.05, 3.63) is 71.5 Å². The van der Waals surface area contributed by atoms with Gasteiger partial charge in [-0.1, -0.05) is 30.7 Å². The maximum atomic E-state index is 12.4. The molecule has 0 unspecified atom stereocenters. The number of benzene rings is 2. The molecule has 3 aromatic rings. The molecule has 5 nitrogen and oxygen atoms in total. The summed E-state index contributed by atoms with van der Waals surface area (Å²) >= 11 is 0. The molecule has 4 rings (SSSR count). The lowest BCUT2D eigenvalue weighted by molar-refractivity contribution is 0.0951. The molecule has 5 heteroatoms. The van der Waals surface area contributed by atoms with Crippen LogP contribution >= 0.6 is 0 Å². The Morgan fingerprint density at radius 1 is 0.889 bits per heavy atom. The molecular formula is C22H24N4O. The van der Waals surface area contributed by atoms with Gasteiger partial charge in [0.2, 0.25) is 0 Å². The van der Waals surface area contributed by atoms with E-state index in [1.54, 1.807) is 24.5 Å². The van der Waals surface area contributed by atoms with Crippen LogP contribution in [0.15, 0.2) is 54.9 Å². The van der Waals surface area contributed by atoms with Crippen LogP contribution in [0.5, 0.6) is 0 Å². The fourth-order valence-electron chi connectivity index (χ4n) is 3.53. The molecule has 1 fully saturated rings. The summed E-state index contributed by atoms with van der Waals surface area (Å²) in [5, 5.41) is 2.98. The molecule has 0 radical (unpaired) electrons. The summed E-state index contributed by atoms with van der Waals surface area (Å²) in [6.07, 6.45) is 7.26. The van der Waals surface area contributed by atoms with Crippen LogP contribution in [-0.2, 0) is 13.1 Å². The van der Waals surface area contributed by atoms with Gasteiger partial charge < -0.3 is 5.32 Å². The van der Waals surface area contributed by atoms with E-state index in [1.165, 1.54) is 37.9 Å². The average Bonchev–Trinajstić information content (AvgIpc) is 2.73. The molecule has 1 aliphatic rings. The number of aromatic nitrogens is 2. The highest BCUT2D eigenvalue weighted by Gasteiger charge is 2.10. The van der Waals surface area contributed by atoms with Crippen molar-refractivity contribution in [1.29, 1.82) is 0 Å². The molecule has 1 aliphatic heterocycles. The highest BCUT2D eigenvalue weighted by molar-refractivity contribution is 5.97. The van der Waals surface area contributed by atoms with Crippen molar-refractivity contribution < 1.29 is 4.79 Å². The van der Waals surface area contributed by atoms with Gasteiger partial charge in [-0.25, -0.2) is 0 Å². The van der Waals surface area contributed by atoms with Crippen molar-refractivity contribution in [2.75, 3.05) is 13.1 Å². The molecule has 0 spiro atoms. The second-order valence-electron chi connectivity index (χ2n) is 7.10. The van der Waals surface area contributed by atoms with Crippen molar-refractivity contribution >= 4 is 16.9 Å². The van der Waals surface area contributed by atoms with Crippen LogP contribution < -0.4 is 5.32 Å². The second-order valence-corrected chi connectivity index (χ2v) is 7.10. The van der Waals surface area contributed by atoms with Gasteiger partial charge in [0, 0.05) is 31.0 Å². The molecule has 0 bridgehead atoms. The summed E-state index contributed by atoms with van der Waals surface area (Å²) in [4.78, 5) is 23.4. The predicted molar refractivity (Wildman–Crippen MR) is 106 cm³/mol. The number of carbonyl (C=O) groups is 1. The largest absolute Gasteiger partial charge is 0.348 e. The van der Waals surface area contributed by atoms with Crippen molar-refractivity contribution in [3.8, 4) is 0 Å². The van der Waals surface area contributed by atoms with E-state index in [-0.39, 0.29) is 5.91 Å². The zero-order valence-corrected chi connectivity index (χ0v) is 15.4. The summed E-state index contributed by atoms with van der Waals surface area (Å²) in [7, 11) is 0. The molecule has 2 aromatic carbocycles. The Morgan fingerprint density at radius 2 is 1.59 bits per heavy atom. The Morgan fingerprint density at radius 3 is 2.37 bits per heavy atom. The topological polar surface area (TPSA) is 58.1 Å². The Bertz CT molecular complexity index is 917. The lowest BCUT2D eigenvalue weighted by atomic mass is 10.1. The molecule has 27 heavy (non-hydrogen) atoms. The molecule has 1 saturated heterocycles. The van der Waals surface area contributed by atoms with E-state index in [2.05, 4.69) is 44.5 Å². The van der Waals surface area contributed by atoms with E-state index in [1.807, 2.05) is 6.07 Å². The van der Waals surface area contributed by atoms with Gasteiger partial charge in [0.05, 0.1) is 11.0 Å². The first-order valence-corrected chi connectivity index (χ1v) is 9.57. The lowest BCUT2D eigenvalue weighted by Crippen LogP contribution is -2.29. The van der Waals surface area contributed by atoms with Crippen LogP contribution in [0.2, 0.25) is 0 Å². The quantitative estimate of drug-likeness (QED) is 0.756. The molecule has 1 amide bonds. The Kier molecular flexibility index (Phi) is 5.39. The Hall–Kier alpha value is -2.79. The molecule has 1 N–H and O–H groups in total. The number of hydrogen-bond donors (Lipinski definition) is 1. The normalized spacial score (nSPS) is 15.0. The number of amides is 1. The number of nitrogens with one attached hydrogen (secondary N) is 1. The maximum Gasteiger partial charge on any atom is 0.251 e. The zero-order valence-electron chi connectivity index (χ0n) is 15.4. The summed E-state index contributed by atoms with van der Waals surface area (Å²) < 4.78 is 0. The molecule has 0 saturated carbocycles. The highest BCUT2D eigenvalue weighted by atomic mass is 16.1. The highest BCUT2D eigenvalue weighted by Crippen LogP contribution is 2.14. The third-order valence-electron chi connectivity index (χ3n) is 5.06. The average molecular weight is 360 g/mol. The first-order valence-electron chi connectivity index (χ1n) is 9.57. The van der Waals surface area contributed by atoms with Crippen LogP contribution in [0.1, 0.15) is 40.7 Å². The molecule has 2 heterocycles. The van der Waals surface area contributed by atoms with Gasteiger partial charge in [-0.2, -0.15) is 0 Å². The van der Waals surface area contributed by atoms with E-state index < -0.39 is 0 Å². The Labute approximate surface area is 159 Å². The van der Waals surface area contributed by atoms with Gasteiger partial charge in [-0.15, -0.1) is 0 Å². The van der Waals surface area contributed by atoms with Gasteiger partial charge in [0.25, 0.3) is 5.91 Å². The van der Waals surface area contributed by atoms with Crippen molar-refractivity contribution in [1.82, 2.24) is 20.2 Å². The first-order chi connectivity index (χ1) is 13.3. The lowest BCUT2D eigenvalue weighted by Gasteiger charge is -2.26. The fourth-order valence-corrected chi connectivity index (χ4v) is 3.53. The van der Waals surface area contributed by atoms with Gasteiger partial charge in [-0.05, 0) is 55.3 Å². The third-order valence-corrected chi connectivity index (χ3v) is 5.06. The summed E-state index contributed by atoms with van der Waals surface area (Å²) in [5.41, 5.74) is 4.56. The van der Waals surface area contributed by atoms with E-state index in [0.717, 1.165) is 23.1 Å². The number of nitrogens with zero attached hydrogens (tertiary/aromatic N) is 3.